The molecule has 3 aromatic heterocycles. The minimum Gasteiger partial charge on any atom is -0.360 e. The van der Waals surface area contributed by atoms with Crippen LogP contribution < -0.4 is 4.90 Å². The Morgan fingerprint density at radius 2 is 1.97 bits per heavy atom. The number of hydrogen-bond acceptors (Lipinski definition) is 6. The highest BCUT2D eigenvalue weighted by atomic mass is 16.1. The maximum absolute atomic E-state index is 13.1. The molecule has 1 aliphatic heterocycles. The van der Waals surface area contributed by atoms with Crippen molar-refractivity contribution in [1.29, 1.82) is 0 Å². The fraction of sp³-hybridized carbons (Fsp3) is 0.333. The molecule has 0 amide bonds. The van der Waals surface area contributed by atoms with Crippen molar-refractivity contribution in [1.82, 2.24) is 29.5 Å². The van der Waals surface area contributed by atoms with E-state index in [1.54, 1.807) is 4.52 Å². The summed E-state index contributed by atoms with van der Waals surface area (Å²) in [5.74, 6) is 1.78. The average Bonchev–Trinajstić information content (AvgIpc) is 3.39. The number of ketones is 1. The zero-order valence-corrected chi connectivity index (χ0v) is 16.5. The number of aryl methyl sites for hydroxylation is 1. The highest BCUT2D eigenvalue weighted by molar-refractivity contribution is 6.10. The topological polar surface area (TPSA) is 82.4 Å². The first-order valence-corrected chi connectivity index (χ1v) is 9.88. The Morgan fingerprint density at radius 3 is 2.79 bits per heavy atom. The van der Waals surface area contributed by atoms with Crippen molar-refractivity contribution in [2.75, 3.05) is 31.1 Å². The minimum atomic E-state index is -0.165. The molecule has 1 N–H and O–H groups in total. The highest BCUT2D eigenvalue weighted by Crippen LogP contribution is 2.23. The number of nitrogens with one attached hydrogen (secondary N) is 1. The van der Waals surface area contributed by atoms with E-state index < -0.39 is 0 Å². The molecule has 4 heterocycles. The van der Waals surface area contributed by atoms with Crippen LogP contribution in [0.1, 0.15) is 23.0 Å². The van der Waals surface area contributed by atoms with Gasteiger partial charge in [0.2, 0.25) is 0 Å². The van der Waals surface area contributed by atoms with Crippen LogP contribution in [-0.2, 0) is 0 Å². The van der Waals surface area contributed by atoms with Gasteiger partial charge < -0.3 is 9.88 Å². The van der Waals surface area contributed by atoms with Gasteiger partial charge in [0.25, 0.3) is 5.78 Å². The Balaban J connectivity index is 1.32. The summed E-state index contributed by atoms with van der Waals surface area (Å²) in [7, 11) is 0. The third-order valence-electron chi connectivity index (χ3n) is 5.78. The largest absolute Gasteiger partial charge is 0.360 e. The first kappa shape index (κ1) is 17.8. The van der Waals surface area contributed by atoms with Crippen LogP contribution in [0.3, 0.4) is 0 Å². The molecule has 0 bridgehead atoms. The second-order valence-electron chi connectivity index (χ2n) is 7.54. The van der Waals surface area contributed by atoms with Gasteiger partial charge in [0.1, 0.15) is 12.1 Å². The van der Waals surface area contributed by atoms with Gasteiger partial charge in [0, 0.05) is 60.6 Å². The van der Waals surface area contributed by atoms with Gasteiger partial charge in [-0.05, 0) is 19.9 Å². The van der Waals surface area contributed by atoms with Crippen LogP contribution in [0.25, 0.3) is 16.7 Å². The van der Waals surface area contributed by atoms with Crippen molar-refractivity contribution < 1.29 is 4.79 Å². The predicted molar refractivity (Wildman–Crippen MR) is 111 cm³/mol. The van der Waals surface area contributed by atoms with Gasteiger partial charge in [-0.3, -0.25) is 9.69 Å². The monoisotopic (exact) mass is 389 g/mol. The van der Waals surface area contributed by atoms with Gasteiger partial charge in [-0.2, -0.15) is 14.6 Å². The quantitative estimate of drug-likeness (QED) is 0.540. The number of anilines is 1. The summed E-state index contributed by atoms with van der Waals surface area (Å²) in [6.07, 6.45) is 3.37. The molecular formula is C21H23N7O. The minimum absolute atomic E-state index is 0.161. The number of aromatic nitrogens is 5. The number of benzene rings is 1. The molecule has 1 saturated heterocycles. The lowest BCUT2D eigenvalue weighted by Crippen LogP contribution is -2.52. The summed E-state index contributed by atoms with van der Waals surface area (Å²) in [6.45, 7) is 7.25. The van der Waals surface area contributed by atoms with Crippen molar-refractivity contribution in [3.05, 3.63) is 54.1 Å². The third kappa shape index (κ3) is 3.05. The SMILES string of the molecule is Cc1cc(N2CCN(C(C)C(=O)c3c[nH]c4ccccc34)CC2)n2ncnc2n1. The van der Waals surface area contributed by atoms with E-state index in [-0.39, 0.29) is 11.8 Å². The third-order valence-corrected chi connectivity index (χ3v) is 5.78. The number of carbonyl (C=O) groups excluding carboxylic acids is 1. The molecule has 4 aromatic rings. The molecule has 0 spiro atoms. The second kappa shape index (κ2) is 6.97. The van der Waals surface area contributed by atoms with Gasteiger partial charge in [0.05, 0.1) is 6.04 Å². The van der Waals surface area contributed by atoms with Gasteiger partial charge in [-0.25, -0.2) is 4.98 Å². The van der Waals surface area contributed by atoms with Crippen LogP contribution >= 0.6 is 0 Å². The zero-order valence-electron chi connectivity index (χ0n) is 16.5. The molecule has 29 heavy (non-hydrogen) atoms. The fourth-order valence-corrected chi connectivity index (χ4v) is 4.14. The van der Waals surface area contributed by atoms with Crippen LogP contribution in [-0.4, -0.2) is 67.5 Å². The molecule has 148 valence electrons. The predicted octanol–water partition coefficient (Wildman–Crippen LogP) is 2.31. The molecule has 1 unspecified atom stereocenters. The summed E-state index contributed by atoms with van der Waals surface area (Å²) in [5, 5.41) is 5.30. The summed E-state index contributed by atoms with van der Waals surface area (Å²) < 4.78 is 1.78. The maximum Gasteiger partial charge on any atom is 0.254 e. The Labute approximate surface area is 168 Å². The van der Waals surface area contributed by atoms with E-state index in [0.717, 1.165) is 54.2 Å². The van der Waals surface area contributed by atoms with E-state index in [1.807, 2.05) is 50.4 Å². The number of piperazine rings is 1. The van der Waals surface area contributed by atoms with Crippen LogP contribution in [0.4, 0.5) is 5.82 Å². The maximum atomic E-state index is 13.1. The van der Waals surface area contributed by atoms with E-state index in [4.69, 9.17) is 0 Å². The number of nitrogens with zero attached hydrogens (tertiary/aromatic N) is 6. The van der Waals surface area contributed by atoms with E-state index in [0.29, 0.717) is 5.78 Å². The van der Waals surface area contributed by atoms with Crippen molar-refractivity contribution in [2.45, 2.75) is 19.9 Å². The molecule has 0 aliphatic carbocycles. The Hall–Kier alpha value is -3.26. The number of para-hydroxylation sites is 1. The molecule has 1 atom stereocenters. The number of H-pyrrole nitrogens is 1. The molecule has 0 saturated carbocycles. The molecule has 1 fully saturated rings. The standard InChI is InChI=1S/C21H23N7O/c1-14-11-19(28-21(25-14)23-13-24-28)27-9-7-26(8-10-27)15(2)20(29)17-12-22-18-6-4-3-5-16(17)18/h3-6,11-13,15,22H,7-10H2,1-2H3. The lowest BCUT2D eigenvalue weighted by atomic mass is 10.0. The van der Waals surface area contributed by atoms with E-state index >= 15 is 0 Å². The smallest absolute Gasteiger partial charge is 0.254 e. The van der Waals surface area contributed by atoms with Crippen LogP contribution in [0.2, 0.25) is 0 Å². The van der Waals surface area contributed by atoms with E-state index in [1.165, 1.54) is 6.33 Å². The van der Waals surface area contributed by atoms with Crippen LogP contribution in [0.15, 0.2) is 42.9 Å². The molecule has 8 nitrogen and oxygen atoms in total. The molecular weight excluding hydrogens is 366 g/mol. The van der Waals surface area contributed by atoms with Gasteiger partial charge in [-0.1, -0.05) is 18.2 Å². The Bertz CT molecular complexity index is 1190. The first-order chi connectivity index (χ1) is 14.1. The second-order valence-corrected chi connectivity index (χ2v) is 7.54. The Morgan fingerprint density at radius 1 is 1.17 bits per heavy atom. The van der Waals surface area contributed by atoms with Gasteiger partial charge in [-0.15, -0.1) is 0 Å². The lowest BCUT2D eigenvalue weighted by molar-refractivity contribution is 0.0831. The summed E-state index contributed by atoms with van der Waals surface area (Å²) in [4.78, 5) is 29.5. The van der Waals surface area contributed by atoms with Gasteiger partial charge in [0.15, 0.2) is 5.78 Å². The first-order valence-electron chi connectivity index (χ1n) is 9.88. The number of aromatic amines is 1. The average molecular weight is 389 g/mol. The zero-order chi connectivity index (χ0) is 20.0. The van der Waals surface area contributed by atoms with Crippen LogP contribution in [0, 0.1) is 6.92 Å². The molecule has 0 radical (unpaired) electrons. The molecule has 1 aromatic carbocycles. The normalized spacial score (nSPS) is 16.6. The molecule has 5 rings (SSSR count). The number of hydrogen-bond donors (Lipinski definition) is 1. The Kier molecular flexibility index (Phi) is 4.28. The number of carbonyl (C=O) groups is 1. The summed E-state index contributed by atoms with van der Waals surface area (Å²) in [6, 6.07) is 9.82. The fourth-order valence-electron chi connectivity index (χ4n) is 4.14. The molecule has 1 aliphatic rings. The highest BCUT2D eigenvalue weighted by Gasteiger charge is 2.28. The number of Topliss-reactive ketones (excluding diaryl/α,β-unsaturated/α-hetero) is 1. The van der Waals surface area contributed by atoms with E-state index in [2.05, 4.69) is 29.9 Å². The summed E-state index contributed by atoms with van der Waals surface area (Å²) >= 11 is 0. The van der Waals surface area contributed by atoms with Crippen molar-refractivity contribution in [3.8, 4) is 0 Å². The van der Waals surface area contributed by atoms with Gasteiger partial charge >= 0.3 is 0 Å². The van der Waals surface area contributed by atoms with Crippen molar-refractivity contribution in [2.24, 2.45) is 0 Å². The number of rotatable bonds is 4. The van der Waals surface area contributed by atoms with Crippen molar-refractivity contribution >= 4 is 28.3 Å². The van der Waals surface area contributed by atoms with Crippen molar-refractivity contribution in [3.63, 3.8) is 0 Å². The summed E-state index contributed by atoms with van der Waals surface area (Å²) in [5.41, 5.74) is 2.69. The molecule has 8 heteroatoms. The van der Waals surface area contributed by atoms with E-state index in [9.17, 15) is 4.79 Å². The number of fused-ring (bicyclic) bond motifs is 2. The van der Waals surface area contributed by atoms with Crippen LogP contribution in [0.5, 0.6) is 0 Å². The lowest BCUT2D eigenvalue weighted by Gasteiger charge is -2.38.